The fraction of sp³-hybridized carbons (Fsp3) is 0.0952. The van der Waals surface area contributed by atoms with Crippen LogP contribution in [0.1, 0.15) is 15.9 Å². The van der Waals surface area contributed by atoms with Gasteiger partial charge >= 0.3 is 0 Å². The van der Waals surface area contributed by atoms with Crippen molar-refractivity contribution in [1.82, 2.24) is 4.57 Å². The molecule has 0 unspecified atom stereocenters. The van der Waals surface area contributed by atoms with Gasteiger partial charge in [-0.25, -0.2) is 4.57 Å². The van der Waals surface area contributed by atoms with Crippen molar-refractivity contribution in [2.45, 2.75) is 6.92 Å². The molecule has 0 aliphatic rings. The Bertz CT molecular complexity index is 1200. The average molecular weight is 374 g/mol. The molecule has 1 heterocycles. The maximum Gasteiger partial charge on any atom is 0.276 e. The molecular formula is C21H14N2O3S. The molecule has 0 saturated heterocycles. The molecule has 5 nitrogen and oxygen atoms in total. The Labute approximate surface area is 161 Å². The molecule has 0 saturated carbocycles. The first kappa shape index (κ1) is 18.2. The largest absolute Gasteiger partial charge is 0.481 e. The number of allylic oxidation sites excluding steroid dienone is 1. The third-order valence-electron chi connectivity index (χ3n) is 3.86. The predicted molar refractivity (Wildman–Crippen MR) is 105 cm³/mol. The molecule has 1 aromatic heterocycles. The summed E-state index contributed by atoms with van der Waals surface area (Å²) in [6.45, 7) is 2.03. The molecule has 3 aromatic rings. The van der Waals surface area contributed by atoms with Crippen LogP contribution in [0.3, 0.4) is 0 Å². The number of hydrogen-bond acceptors (Lipinski definition) is 5. The molecule has 27 heavy (non-hydrogen) atoms. The van der Waals surface area contributed by atoms with Gasteiger partial charge in [0.2, 0.25) is 0 Å². The minimum Gasteiger partial charge on any atom is -0.481 e. The van der Waals surface area contributed by atoms with Gasteiger partial charge in [0.05, 0.1) is 5.52 Å². The van der Waals surface area contributed by atoms with Gasteiger partial charge in [0.1, 0.15) is 24.0 Å². The number of aromatic nitrogens is 1. The topological polar surface area (TPSA) is 68.2 Å². The minimum absolute atomic E-state index is 0.00318. The van der Waals surface area contributed by atoms with Gasteiger partial charge in [0.25, 0.3) is 10.7 Å². The number of terminal acetylenes is 1. The van der Waals surface area contributed by atoms with Crippen molar-refractivity contribution in [2.24, 2.45) is 0 Å². The number of carbonyl (C=O) groups is 1. The van der Waals surface area contributed by atoms with Gasteiger partial charge < -0.3 is 9.15 Å². The lowest BCUT2D eigenvalue weighted by Gasteiger charge is -2.07. The highest BCUT2D eigenvalue weighted by atomic mass is 32.1. The Morgan fingerprint density at radius 3 is 2.85 bits per heavy atom. The third kappa shape index (κ3) is 3.67. The molecule has 0 atom stereocenters. The molecule has 3 rings (SSSR count). The summed E-state index contributed by atoms with van der Waals surface area (Å²) in [6.07, 6.45) is 6.70. The first-order valence-electron chi connectivity index (χ1n) is 7.99. The highest BCUT2D eigenvalue weighted by molar-refractivity contribution is 7.71. The molecule has 0 spiro atoms. The van der Waals surface area contributed by atoms with Crippen LogP contribution in [-0.4, -0.2) is 17.1 Å². The zero-order valence-corrected chi connectivity index (χ0v) is 15.2. The van der Waals surface area contributed by atoms with Crippen LogP contribution >= 0.6 is 12.2 Å². The smallest absolute Gasteiger partial charge is 0.276 e. The Morgan fingerprint density at radius 1 is 1.37 bits per heavy atom. The fourth-order valence-corrected chi connectivity index (χ4v) is 2.90. The van der Waals surface area contributed by atoms with Crippen LogP contribution in [0.5, 0.6) is 5.75 Å². The van der Waals surface area contributed by atoms with E-state index in [0.717, 1.165) is 5.56 Å². The van der Waals surface area contributed by atoms with Gasteiger partial charge in [0, 0.05) is 0 Å². The molecule has 2 aromatic carbocycles. The van der Waals surface area contributed by atoms with Crippen molar-refractivity contribution in [3.63, 3.8) is 0 Å². The van der Waals surface area contributed by atoms with Crippen LogP contribution in [0.15, 0.2) is 52.5 Å². The maximum absolute atomic E-state index is 12.9. The molecule has 0 N–H and O–H groups in total. The first-order valence-corrected chi connectivity index (χ1v) is 8.40. The van der Waals surface area contributed by atoms with Crippen LogP contribution in [0, 0.1) is 35.4 Å². The second-order valence-electron chi connectivity index (χ2n) is 5.66. The number of fused-ring (bicyclic) bond motifs is 1. The van der Waals surface area contributed by atoms with E-state index in [2.05, 4.69) is 5.92 Å². The number of para-hydroxylation sites is 2. The van der Waals surface area contributed by atoms with Crippen LogP contribution in [0.2, 0.25) is 0 Å². The number of nitrogens with zero attached hydrogens (tertiary/aromatic N) is 2. The lowest BCUT2D eigenvalue weighted by atomic mass is 10.1. The van der Waals surface area contributed by atoms with E-state index >= 15 is 0 Å². The molecule has 0 radical (unpaired) electrons. The zero-order valence-electron chi connectivity index (χ0n) is 14.4. The first-order chi connectivity index (χ1) is 13.0. The Balaban J connectivity index is 1.99. The summed E-state index contributed by atoms with van der Waals surface area (Å²) in [5, 5.41) is 9.50. The number of benzene rings is 2. The predicted octanol–water partition coefficient (Wildman–Crippen LogP) is 4.53. The second kappa shape index (κ2) is 7.74. The van der Waals surface area contributed by atoms with Gasteiger partial charge in [0.15, 0.2) is 5.58 Å². The molecule has 0 bridgehead atoms. The lowest BCUT2D eigenvalue weighted by Crippen LogP contribution is -2.12. The zero-order chi connectivity index (χ0) is 19.4. The van der Waals surface area contributed by atoms with Crippen molar-refractivity contribution in [3.05, 3.63) is 64.0 Å². The summed E-state index contributed by atoms with van der Waals surface area (Å²) in [5.74, 6) is 2.51. The van der Waals surface area contributed by atoms with E-state index in [1.54, 1.807) is 36.4 Å². The number of carbonyl (C=O) groups excluding carboxylic acids is 1. The van der Waals surface area contributed by atoms with Crippen molar-refractivity contribution >= 4 is 35.3 Å². The van der Waals surface area contributed by atoms with E-state index in [1.165, 1.54) is 10.6 Å². The van der Waals surface area contributed by atoms with Crippen LogP contribution in [-0.2, 0) is 0 Å². The molecule has 0 aliphatic carbocycles. The van der Waals surface area contributed by atoms with E-state index in [4.69, 9.17) is 27.8 Å². The molecule has 0 fully saturated rings. The van der Waals surface area contributed by atoms with Gasteiger partial charge in [-0.15, -0.1) is 6.42 Å². The van der Waals surface area contributed by atoms with E-state index < -0.39 is 5.91 Å². The molecule has 0 aliphatic heterocycles. The van der Waals surface area contributed by atoms with E-state index in [1.807, 2.05) is 19.1 Å². The van der Waals surface area contributed by atoms with Gasteiger partial charge in [-0.1, -0.05) is 24.1 Å². The van der Waals surface area contributed by atoms with Crippen molar-refractivity contribution < 1.29 is 13.9 Å². The van der Waals surface area contributed by atoms with E-state index in [9.17, 15) is 10.1 Å². The van der Waals surface area contributed by atoms with Crippen LogP contribution < -0.4 is 4.74 Å². The molecule has 0 amide bonds. The summed E-state index contributed by atoms with van der Waals surface area (Å²) in [4.78, 5) is 12.9. The third-order valence-corrected chi connectivity index (χ3v) is 4.13. The number of rotatable bonds is 4. The quantitative estimate of drug-likeness (QED) is 0.290. The number of aryl methyl sites for hydroxylation is 1. The van der Waals surface area contributed by atoms with E-state index in [0.29, 0.717) is 22.4 Å². The highest BCUT2D eigenvalue weighted by Gasteiger charge is 2.18. The lowest BCUT2D eigenvalue weighted by molar-refractivity contribution is 0.0961. The van der Waals surface area contributed by atoms with E-state index in [-0.39, 0.29) is 17.0 Å². The Kier molecular flexibility index (Phi) is 5.21. The summed E-state index contributed by atoms with van der Waals surface area (Å²) in [6, 6.07) is 14.2. The summed E-state index contributed by atoms with van der Waals surface area (Å²) in [5.41, 5.74) is 2.47. The minimum atomic E-state index is -0.544. The standard InChI is InChI=1S/C21H14N2O3S/c1-3-10-25-18-9-8-15(11-14(18)2)12-16(13-22)20(24)23-17-6-4-5-7-19(17)26-21(23)27/h1,4-9,11-12H,10H2,2H3/b16-12+. The van der Waals surface area contributed by atoms with Crippen LogP contribution in [0.4, 0.5) is 0 Å². The summed E-state index contributed by atoms with van der Waals surface area (Å²) >= 11 is 5.15. The normalized spacial score (nSPS) is 11.0. The van der Waals surface area contributed by atoms with Gasteiger partial charge in [-0.2, -0.15) is 5.26 Å². The number of oxazole rings is 1. The fourth-order valence-electron chi connectivity index (χ4n) is 2.63. The molecule has 6 heteroatoms. The molecular weight excluding hydrogens is 360 g/mol. The molecule has 132 valence electrons. The Morgan fingerprint density at radius 2 is 2.15 bits per heavy atom. The van der Waals surface area contributed by atoms with Gasteiger partial charge in [-0.3, -0.25) is 4.79 Å². The number of hydrogen-bond donors (Lipinski definition) is 0. The van der Waals surface area contributed by atoms with Crippen molar-refractivity contribution in [3.8, 4) is 24.2 Å². The summed E-state index contributed by atoms with van der Waals surface area (Å²) < 4.78 is 12.1. The van der Waals surface area contributed by atoms with Gasteiger partial charge in [-0.05, 0) is 60.6 Å². The SMILES string of the molecule is C#CCOc1ccc(/C=C(\C#N)C(=O)n2c(=S)oc3ccccc32)cc1C. The number of nitriles is 1. The second-order valence-corrected chi connectivity index (χ2v) is 6.01. The maximum atomic E-state index is 12.9. The Hall–Kier alpha value is -3.61. The number of ether oxygens (including phenoxy) is 1. The highest BCUT2D eigenvalue weighted by Crippen LogP contribution is 2.22. The monoisotopic (exact) mass is 374 g/mol. The van der Waals surface area contributed by atoms with Crippen molar-refractivity contribution in [1.29, 1.82) is 5.26 Å². The average Bonchev–Trinajstić information content (AvgIpc) is 3.00. The summed E-state index contributed by atoms with van der Waals surface area (Å²) in [7, 11) is 0. The van der Waals surface area contributed by atoms with Crippen LogP contribution in [0.25, 0.3) is 17.2 Å². The van der Waals surface area contributed by atoms with Crippen molar-refractivity contribution in [2.75, 3.05) is 6.61 Å².